The Balaban J connectivity index is 2.42. The zero-order chi connectivity index (χ0) is 13.5. The van der Waals surface area contributed by atoms with Gasteiger partial charge >= 0.3 is 5.97 Å². The molecule has 1 rings (SSSR count). The molecule has 0 radical (unpaired) electrons. The summed E-state index contributed by atoms with van der Waals surface area (Å²) in [6.07, 6.45) is 1.36. The Labute approximate surface area is 114 Å². The molecule has 1 N–H and O–H groups in total. The summed E-state index contributed by atoms with van der Waals surface area (Å²) in [5, 5.41) is 3.76. The van der Waals surface area contributed by atoms with Crippen LogP contribution in [-0.2, 0) is 14.3 Å². The number of esters is 1. The molecule has 1 aliphatic rings. The van der Waals surface area contributed by atoms with Crippen molar-refractivity contribution >= 4 is 17.7 Å². The number of carbonyl (C=O) groups excluding carboxylic acids is 1. The predicted molar refractivity (Wildman–Crippen MR) is 75.0 cm³/mol. The summed E-state index contributed by atoms with van der Waals surface area (Å²) in [5.74, 6) is 0.598. The van der Waals surface area contributed by atoms with Crippen molar-refractivity contribution in [2.24, 2.45) is 0 Å². The molecule has 0 aromatic heterocycles. The predicted octanol–water partition coefficient (Wildman–Crippen LogP) is 1.83. The highest BCUT2D eigenvalue weighted by Gasteiger charge is 2.28. The Morgan fingerprint density at radius 1 is 1.56 bits per heavy atom. The molecule has 0 saturated carbocycles. The fourth-order valence-electron chi connectivity index (χ4n) is 1.98. The molecule has 1 saturated heterocycles. The third-order valence-electron chi connectivity index (χ3n) is 2.89. The lowest BCUT2D eigenvalue weighted by Gasteiger charge is -2.21. The minimum absolute atomic E-state index is 0.148. The molecule has 3 unspecified atom stereocenters. The minimum Gasteiger partial charge on any atom is -0.465 e. The average molecular weight is 275 g/mol. The first-order valence-electron chi connectivity index (χ1n) is 6.70. The molecular formula is C13H25NO3S. The van der Waals surface area contributed by atoms with Crippen molar-refractivity contribution in [1.82, 2.24) is 5.32 Å². The first-order valence-corrected chi connectivity index (χ1v) is 7.75. The Morgan fingerprint density at radius 3 is 2.78 bits per heavy atom. The third kappa shape index (κ3) is 5.16. The molecular weight excluding hydrogens is 250 g/mol. The maximum atomic E-state index is 11.8. The van der Waals surface area contributed by atoms with Gasteiger partial charge in [0.25, 0.3) is 0 Å². The largest absolute Gasteiger partial charge is 0.465 e. The van der Waals surface area contributed by atoms with Crippen molar-refractivity contribution < 1.29 is 14.3 Å². The summed E-state index contributed by atoms with van der Waals surface area (Å²) in [4.78, 5) is 11.8. The maximum Gasteiger partial charge on any atom is 0.323 e. The first-order chi connectivity index (χ1) is 8.54. The summed E-state index contributed by atoms with van der Waals surface area (Å²) in [5.41, 5.74) is 0. The van der Waals surface area contributed by atoms with Crippen LogP contribution >= 0.6 is 11.8 Å². The van der Waals surface area contributed by atoms with E-state index in [9.17, 15) is 4.79 Å². The lowest BCUT2D eigenvalue weighted by atomic mass is 10.2. The van der Waals surface area contributed by atoms with Gasteiger partial charge in [-0.15, -0.1) is 0 Å². The fraction of sp³-hybridized carbons (Fsp3) is 0.923. The zero-order valence-corrected chi connectivity index (χ0v) is 12.6. The topological polar surface area (TPSA) is 47.6 Å². The van der Waals surface area contributed by atoms with E-state index in [1.54, 1.807) is 0 Å². The molecule has 4 nitrogen and oxygen atoms in total. The van der Waals surface area contributed by atoms with Gasteiger partial charge in [-0.2, -0.15) is 11.8 Å². The Bertz CT molecular complexity index is 261. The van der Waals surface area contributed by atoms with Crippen LogP contribution in [0.2, 0.25) is 0 Å². The summed E-state index contributed by atoms with van der Waals surface area (Å²) in [7, 11) is 0. The van der Waals surface area contributed by atoms with Gasteiger partial charge in [-0.3, -0.25) is 4.79 Å². The van der Waals surface area contributed by atoms with Crippen LogP contribution in [0.3, 0.4) is 0 Å². The van der Waals surface area contributed by atoms with E-state index in [1.165, 1.54) is 0 Å². The zero-order valence-electron chi connectivity index (χ0n) is 11.8. The van der Waals surface area contributed by atoms with Gasteiger partial charge in [0.15, 0.2) is 0 Å². The van der Waals surface area contributed by atoms with Crippen LogP contribution in [0.25, 0.3) is 0 Å². The molecule has 1 fully saturated rings. The Morgan fingerprint density at radius 2 is 2.28 bits per heavy atom. The molecule has 0 aromatic rings. The molecule has 0 aliphatic carbocycles. The lowest BCUT2D eigenvalue weighted by molar-refractivity contribution is -0.145. The van der Waals surface area contributed by atoms with Gasteiger partial charge in [0.05, 0.1) is 12.7 Å². The van der Waals surface area contributed by atoms with E-state index in [2.05, 4.69) is 12.2 Å². The van der Waals surface area contributed by atoms with Crippen LogP contribution < -0.4 is 5.32 Å². The van der Waals surface area contributed by atoms with E-state index in [0.29, 0.717) is 11.9 Å². The van der Waals surface area contributed by atoms with Crippen LogP contribution in [0.5, 0.6) is 0 Å². The van der Waals surface area contributed by atoms with Gasteiger partial charge in [0.1, 0.15) is 6.04 Å². The standard InChI is InChI=1S/C13H25NO3S/c1-5-16-13(15)11(14-9(2)3)8-18-12-6-7-17-10(12)4/h9-12,14H,5-8H2,1-4H3. The molecule has 0 amide bonds. The highest BCUT2D eigenvalue weighted by molar-refractivity contribution is 8.00. The van der Waals surface area contributed by atoms with Gasteiger partial charge in [0.2, 0.25) is 0 Å². The SMILES string of the molecule is CCOC(=O)C(CSC1CCOC1C)NC(C)C. The average Bonchev–Trinajstić information content (AvgIpc) is 2.70. The number of nitrogens with one attached hydrogen (secondary N) is 1. The van der Waals surface area contributed by atoms with Crippen LogP contribution in [0.15, 0.2) is 0 Å². The van der Waals surface area contributed by atoms with Crippen LogP contribution in [-0.4, -0.2) is 48.4 Å². The molecule has 5 heteroatoms. The maximum absolute atomic E-state index is 11.8. The number of thioether (sulfide) groups is 1. The Kier molecular flexibility index (Phi) is 7.04. The van der Waals surface area contributed by atoms with E-state index in [4.69, 9.17) is 9.47 Å². The molecule has 3 atom stereocenters. The molecule has 18 heavy (non-hydrogen) atoms. The van der Waals surface area contributed by atoms with Gasteiger partial charge in [-0.1, -0.05) is 13.8 Å². The lowest BCUT2D eigenvalue weighted by Crippen LogP contribution is -2.44. The number of hydrogen-bond donors (Lipinski definition) is 1. The summed E-state index contributed by atoms with van der Waals surface area (Å²) >= 11 is 1.81. The molecule has 106 valence electrons. The van der Waals surface area contributed by atoms with Gasteiger partial charge < -0.3 is 14.8 Å². The normalized spacial score (nSPS) is 25.4. The monoisotopic (exact) mass is 275 g/mol. The van der Waals surface area contributed by atoms with E-state index in [1.807, 2.05) is 32.5 Å². The number of carbonyl (C=O) groups is 1. The summed E-state index contributed by atoms with van der Waals surface area (Å²) < 4.78 is 10.6. The second-order valence-corrected chi connectivity index (χ2v) is 6.13. The third-order valence-corrected chi connectivity index (χ3v) is 4.46. The van der Waals surface area contributed by atoms with Crippen LogP contribution in [0, 0.1) is 0 Å². The fourth-order valence-corrected chi connectivity index (χ4v) is 3.26. The number of hydrogen-bond acceptors (Lipinski definition) is 5. The summed E-state index contributed by atoms with van der Waals surface area (Å²) in [6, 6.07) is 0.0556. The van der Waals surface area contributed by atoms with Crippen molar-refractivity contribution in [2.45, 2.75) is 57.6 Å². The van der Waals surface area contributed by atoms with Crippen molar-refractivity contribution in [3.63, 3.8) is 0 Å². The number of rotatable bonds is 7. The van der Waals surface area contributed by atoms with Crippen molar-refractivity contribution in [3.05, 3.63) is 0 Å². The first kappa shape index (κ1) is 15.8. The van der Waals surface area contributed by atoms with Crippen LogP contribution in [0.1, 0.15) is 34.1 Å². The van der Waals surface area contributed by atoms with Gasteiger partial charge in [0, 0.05) is 23.7 Å². The highest BCUT2D eigenvalue weighted by atomic mass is 32.2. The minimum atomic E-state index is -0.220. The highest BCUT2D eigenvalue weighted by Crippen LogP contribution is 2.26. The van der Waals surface area contributed by atoms with Gasteiger partial charge in [-0.25, -0.2) is 0 Å². The van der Waals surface area contributed by atoms with Crippen molar-refractivity contribution in [3.8, 4) is 0 Å². The molecule has 0 spiro atoms. The number of ether oxygens (including phenoxy) is 2. The molecule has 0 aromatic carbocycles. The Hall–Kier alpha value is -0.260. The smallest absolute Gasteiger partial charge is 0.323 e. The quantitative estimate of drug-likeness (QED) is 0.718. The molecule has 1 aliphatic heterocycles. The van der Waals surface area contributed by atoms with Gasteiger partial charge in [-0.05, 0) is 20.3 Å². The second-order valence-electron chi connectivity index (χ2n) is 4.86. The van der Waals surface area contributed by atoms with Crippen molar-refractivity contribution in [2.75, 3.05) is 19.0 Å². The second kappa shape index (κ2) is 8.02. The van der Waals surface area contributed by atoms with Crippen molar-refractivity contribution in [1.29, 1.82) is 0 Å². The molecule has 0 bridgehead atoms. The van der Waals surface area contributed by atoms with E-state index in [0.717, 1.165) is 18.8 Å². The van der Waals surface area contributed by atoms with E-state index >= 15 is 0 Å². The van der Waals surface area contributed by atoms with E-state index in [-0.39, 0.29) is 24.2 Å². The molecule has 1 heterocycles. The van der Waals surface area contributed by atoms with E-state index < -0.39 is 0 Å². The van der Waals surface area contributed by atoms with Crippen LogP contribution in [0.4, 0.5) is 0 Å². The summed E-state index contributed by atoms with van der Waals surface area (Å²) in [6.45, 7) is 9.28.